The van der Waals surface area contributed by atoms with E-state index in [0.29, 0.717) is 37.4 Å². The van der Waals surface area contributed by atoms with Gasteiger partial charge in [-0.1, -0.05) is 25.1 Å². The molecule has 1 N–H and O–H groups in total. The highest BCUT2D eigenvalue weighted by molar-refractivity contribution is 5.91. The lowest BCUT2D eigenvalue weighted by atomic mass is 9.90. The van der Waals surface area contributed by atoms with Crippen molar-refractivity contribution in [3.05, 3.63) is 35.4 Å². The van der Waals surface area contributed by atoms with E-state index in [0.717, 1.165) is 38.1 Å². The topological polar surface area (TPSA) is 32.3 Å². The highest BCUT2D eigenvalue weighted by atomic mass is 35.5. The lowest BCUT2D eigenvalue weighted by Gasteiger charge is -2.34. The summed E-state index contributed by atoms with van der Waals surface area (Å²) in [6, 6.07) is 5.30. The summed E-state index contributed by atoms with van der Waals surface area (Å²) >= 11 is 0. The first-order chi connectivity index (χ1) is 11.9. The number of hydrogen-bond donors (Lipinski definition) is 1. The number of hydrogen-bond acceptors (Lipinski definition) is 2. The lowest BCUT2D eigenvalue weighted by molar-refractivity contribution is -0.138. The van der Waals surface area contributed by atoms with E-state index in [9.17, 15) is 18.0 Å². The van der Waals surface area contributed by atoms with Gasteiger partial charge in [-0.3, -0.25) is 4.79 Å². The number of likely N-dealkylation sites (tertiary alicyclic amines) is 1. The SMILES string of the molecule is CCNCC1CCN(C(=O)C2(c3cccc(C(F)(F)F)c3)CC2)CC1.Cl. The van der Waals surface area contributed by atoms with Crippen molar-refractivity contribution in [1.82, 2.24) is 10.2 Å². The Kier molecular flexibility index (Phi) is 6.61. The molecule has 3 nitrogen and oxygen atoms in total. The number of piperidine rings is 1. The first kappa shape index (κ1) is 21.0. The molecule has 7 heteroatoms. The number of nitrogens with one attached hydrogen (secondary N) is 1. The van der Waals surface area contributed by atoms with Crippen molar-refractivity contribution in [2.24, 2.45) is 5.92 Å². The van der Waals surface area contributed by atoms with Gasteiger partial charge in [-0.05, 0) is 56.3 Å². The summed E-state index contributed by atoms with van der Waals surface area (Å²) in [7, 11) is 0. The molecule has 0 spiro atoms. The monoisotopic (exact) mass is 390 g/mol. The van der Waals surface area contributed by atoms with Crippen LogP contribution in [-0.4, -0.2) is 37.0 Å². The van der Waals surface area contributed by atoms with E-state index < -0.39 is 17.2 Å². The smallest absolute Gasteiger partial charge is 0.342 e. The molecular weight excluding hydrogens is 365 g/mol. The summed E-state index contributed by atoms with van der Waals surface area (Å²) in [6.45, 7) is 5.39. The maximum atomic E-state index is 13.0. The van der Waals surface area contributed by atoms with Gasteiger partial charge in [-0.2, -0.15) is 13.2 Å². The van der Waals surface area contributed by atoms with Gasteiger partial charge in [0.1, 0.15) is 0 Å². The first-order valence-corrected chi connectivity index (χ1v) is 9.04. The van der Waals surface area contributed by atoms with Crippen molar-refractivity contribution < 1.29 is 18.0 Å². The van der Waals surface area contributed by atoms with E-state index in [1.54, 1.807) is 6.07 Å². The Balaban J connectivity index is 0.00000243. The van der Waals surface area contributed by atoms with Gasteiger partial charge in [0.05, 0.1) is 11.0 Å². The number of amides is 1. The second-order valence-corrected chi connectivity index (χ2v) is 7.20. The van der Waals surface area contributed by atoms with Gasteiger partial charge in [-0.25, -0.2) is 0 Å². The fourth-order valence-electron chi connectivity index (χ4n) is 3.74. The second-order valence-electron chi connectivity index (χ2n) is 7.20. The van der Waals surface area contributed by atoms with Gasteiger partial charge in [0.25, 0.3) is 0 Å². The Morgan fingerprint density at radius 2 is 1.92 bits per heavy atom. The van der Waals surface area contributed by atoms with E-state index in [4.69, 9.17) is 0 Å². The summed E-state index contributed by atoms with van der Waals surface area (Å²) in [5, 5.41) is 3.34. The van der Waals surface area contributed by atoms with Crippen molar-refractivity contribution >= 4 is 18.3 Å². The van der Waals surface area contributed by atoms with E-state index in [1.807, 2.05) is 4.90 Å². The number of alkyl halides is 3. The summed E-state index contributed by atoms with van der Waals surface area (Å²) in [5.41, 5.74) is -0.883. The first-order valence-electron chi connectivity index (χ1n) is 9.04. The van der Waals surface area contributed by atoms with Gasteiger partial charge in [0.15, 0.2) is 0 Å². The number of halogens is 4. The van der Waals surface area contributed by atoms with Crippen molar-refractivity contribution in [2.75, 3.05) is 26.2 Å². The summed E-state index contributed by atoms with van der Waals surface area (Å²) < 4.78 is 38.9. The Morgan fingerprint density at radius 3 is 2.46 bits per heavy atom. The number of nitrogens with zero attached hydrogens (tertiary/aromatic N) is 1. The molecule has 1 aromatic carbocycles. The van der Waals surface area contributed by atoms with Crippen molar-refractivity contribution in [3.63, 3.8) is 0 Å². The maximum absolute atomic E-state index is 13.0. The molecular formula is C19H26ClF3N2O. The number of carbonyl (C=O) groups excluding carboxylic acids is 1. The predicted molar refractivity (Wildman–Crippen MR) is 97.5 cm³/mol. The molecule has 1 aliphatic carbocycles. The average Bonchev–Trinajstić information content (AvgIpc) is 3.41. The van der Waals surface area contributed by atoms with Gasteiger partial charge < -0.3 is 10.2 Å². The third kappa shape index (κ3) is 4.34. The molecule has 3 rings (SSSR count). The third-order valence-corrected chi connectivity index (χ3v) is 5.49. The summed E-state index contributed by atoms with van der Waals surface area (Å²) in [6.07, 6.45) is -1.18. The zero-order valence-corrected chi connectivity index (χ0v) is 15.8. The minimum Gasteiger partial charge on any atom is -0.342 e. The number of carbonyl (C=O) groups is 1. The standard InChI is InChI=1S/C19H25F3N2O.ClH/c1-2-23-13-14-6-10-24(11-7-14)17(25)18(8-9-18)15-4-3-5-16(12-15)19(20,21)22;/h3-5,12,14,23H,2,6-11,13H2,1H3;1H. The second kappa shape index (κ2) is 8.17. The molecule has 1 heterocycles. The fraction of sp³-hybridized carbons (Fsp3) is 0.632. The minimum absolute atomic E-state index is 0. The van der Waals surface area contributed by atoms with Crippen LogP contribution in [0.15, 0.2) is 24.3 Å². The normalized spacial score (nSPS) is 19.8. The highest BCUT2D eigenvalue weighted by Crippen LogP contribution is 2.50. The zero-order valence-electron chi connectivity index (χ0n) is 14.9. The number of rotatable bonds is 5. The molecule has 1 aromatic rings. The van der Waals surface area contributed by atoms with Crippen molar-refractivity contribution in [3.8, 4) is 0 Å². The third-order valence-electron chi connectivity index (χ3n) is 5.49. The summed E-state index contributed by atoms with van der Waals surface area (Å²) in [5.74, 6) is 0.585. The van der Waals surface area contributed by atoms with E-state index >= 15 is 0 Å². The zero-order chi connectivity index (χ0) is 18.1. The molecule has 2 aliphatic rings. The van der Waals surface area contributed by atoms with Crippen LogP contribution in [0, 0.1) is 5.92 Å². The van der Waals surface area contributed by atoms with Crippen LogP contribution < -0.4 is 5.32 Å². The molecule has 1 aliphatic heterocycles. The Morgan fingerprint density at radius 1 is 1.27 bits per heavy atom. The van der Waals surface area contributed by atoms with E-state index in [2.05, 4.69) is 12.2 Å². The average molecular weight is 391 g/mol. The number of benzene rings is 1. The molecule has 1 saturated heterocycles. The van der Waals surface area contributed by atoms with Gasteiger partial charge >= 0.3 is 6.18 Å². The van der Waals surface area contributed by atoms with Crippen molar-refractivity contribution in [1.29, 1.82) is 0 Å². The van der Waals surface area contributed by atoms with Crippen LogP contribution in [0.5, 0.6) is 0 Å². The molecule has 26 heavy (non-hydrogen) atoms. The molecule has 146 valence electrons. The Hall–Kier alpha value is -1.27. The molecule has 1 amide bonds. The maximum Gasteiger partial charge on any atom is 0.416 e. The van der Waals surface area contributed by atoms with Gasteiger partial charge in [-0.15, -0.1) is 12.4 Å². The van der Waals surface area contributed by atoms with E-state index in [1.165, 1.54) is 6.07 Å². The highest BCUT2D eigenvalue weighted by Gasteiger charge is 2.53. The Bertz CT molecular complexity index is 623. The molecule has 0 aromatic heterocycles. The largest absolute Gasteiger partial charge is 0.416 e. The van der Waals surface area contributed by atoms with Crippen LogP contribution in [0.1, 0.15) is 43.7 Å². The fourth-order valence-corrected chi connectivity index (χ4v) is 3.74. The molecule has 0 atom stereocenters. The van der Waals surface area contributed by atoms with Crippen LogP contribution in [0.4, 0.5) is 13.2 Å². The summed E-state index contributed by atoms with van der Waals surface area (Å²) in [4.78, 5) is 14.9. The molecule has 2 fully saturated rings. The van der Waals surface area contributed by atoms with Crippen LogP contribution in [0.25, 0.3) is 0 Å². The minimum atomic E-state index is -4.38. The van der Waals surface area contributed by atoms with Crippen LogP contribution in [0.2, 0.25) is 0 Å². The van der Waals surface area contributed by atoms with Crippen molar-refractivity contribution in [2.45, 2.75) is 44.2 Å². The van der Waals surface area contributed by atoms with E-state index in [-0.39, 0.29) is 18.3 Å². The quantitative estimate of drug-likeness (QED) is 0.824. The molecule has 0 unspecified atom stereocenters. The van der Waals surface area contributed by atoms with Crippen LogP contribution >= 0.6 is 12.4 Å². The van der Waals surface area contributed by atoms with Crippen LogP contribution in [-0.2, 0) is 16.4 Å². The molecule has 0 bridgehead atoms. The molecule has 0 radical (unpaired) electrons. The van der Waals surface area contributed by atoms with Gasteiger partial charge in [0, 0.05) is 13.1 Å². The Labute approximate surface area is 158 Å². The predicted octanol–water partition coefficient (Wildman–Crippen LogP) is 4.01. The molecule has 1 saturated carbocycles. The van der Waals surface area contributed by atoms with Crippen LogP contribution in [0.3, 0.4) is 0 Å². The lowest BCUT2D eigenvalue weighted by Crippen LogP contribution is -2.45. The van der Waals surface area contributed by atoms with Gasteiger partial charge in [0.2, 0.25) is 5.91 Å².